The third-order valence-electron chi connectivity index (χ3n) is 5.37. The van der Waals surface area contributed by atoms with E-state index in [-0.39, 0.29) is 5.60 Å². The van der Waals surface area contributed by atoms with Crippen LogP contribution in [0, 0.1) is 0 Å². The molecule has 0 unspecified atom stereocenters. The Labute approximate surface area is 131 Å². The average Bonchev–Trinajstić information content (AvgIpc) is 3.23. The highest BCUT2D eigenvalue weighted by atomic mass is 16.5. The third kappa shape index (κ3) is 2.68. The molecule has 120 valence electrons. The fourth-order valence-corrected chi connectivity index (χ4v) is 4.29. The van der Waals surface area contributed by atoms with Crippen LogP contribution in [0.1, 0.15) is 37.9 Å². The first kappa shape index (κ1) is 14.3. The molecule has 0 radical (unpaired) electrons. The van der Waals surface area contributed by atoms with Crippen LogP contribution >= 0.6 is 0 Å². The van der Waals surface area contributed by atoms with Crippen molar-refractivity contribution in [2.24, 2.45) is 0 Å². The lowest BCUT2D eigenvalue weighted by Crippen LogP contribution is -2.50. The first-order chi connectivity index (χ1) is 10.7. The maximum Gasteiger partial charge on any atom is 0.222 e. The summed E-state index contributed by atoms with van der Waals surface area (Å²) >= 11 is 0. The van der Waals surface area contributed by atoms with Crippen LogP contribution in [0.5, 0.6) is 0 Å². The predicted octanol–water partition coefficient (Wildman–Crippen LogP) is 2.03. The second-order valence-electron chi connectivity index (χ2n) is 6.91. The Morgan fingerprint density at radius 2 is 2.32 bits per heavy atom. The van der Waals surface area contributed by atoms with Crippen molar-refractivity contribution in [2.45, 2.75) is 50.3 Å². The number of hydrogen-bond acceptors (Lipinski definition) is 4. The Bertz CT molecular complexity index is 530. The fourth-order valence-electron chi connectivity index (χ4n) is 4.29. The van der Waals surface area contributed by atoms with Crippen molar-refractivity contribution >= 4 is 5.91 Å². The van der Waals surface area contributed by atoms with Gasteiger partial charge in [0.25, 0.3) is 0 Å². The van der Waals surface area contributed by atoms with Crippen LogP contribution in [-0.4, -0.2) is 53.6 Å². The zero-order valence-corrected chi connectivity index (χ0v) is 13.0. The quantitative estimate of drug-likeness (QED) is 0.857. The van der Waals surface area contributed by atoms with E-state index in [4.69, 9.17) is 9.15 Å². The molecular formula is C17H24N2O3. The van der Waals surface area contributed by atoms with Gasteiger partial charge in [0.1, 0.15) is 5.76 Å². The van der Waals surface area contributed by atoms with Gasteiger partial charge in [-0.25, -0.2) is 0 Å². The molecule has 2 atom stereocenters. The van der Waals surface area contributed by atoms with Crippen molar-refractivity contribution in [3.63, 3.8) is 0 Å². The zero-order valence-electron chi connectivity index (χ0n) is 13.0. The largest absolute Gasteiger partial charge is 0.468 e. The maximum atomic E-state index is 12.0. The number of carbonyl (C=O) groups excluding carboxylic acids is 1. The molecule has 3 aliphatic rings. The van der Waals surface area contributed by atoms with Gasteiger partial charge in [-0.1, -0.05) is 0 Å². The fraction of sp³-hybridized carbons (Fsp3) is 0.706. The molecule has 4 rings (SSSR count). The van der Waals surface area contributed by atoms with E-state index in [0.717, 1.165) is 70.7 Å². The summed E-state index contributed by atoms with van der Waals surface area (Å²) in [5, 5.41) is 0. The molecule has 0 bridgehead atoms. The first-order valence-electron chi connectivity index (χ1n) is 8.42. The summed E-state index contributed by atoms with van der Waals surface area (Å²) < 4.78 is 11.6. The number of likely N-dealkylation sites (tertiary alicyclic amines) is 2. The molecule has 1 amide bonds. The molecule has 0 aliphatic carbocycles. The smallest absolute Gasteiger partial charge is 0.222 e. The van der Waals surface area contributed by atoms with Crippen molar-refractivity contribution in [1.29, 1.82) is 0 Å². The summed E-state index contributed by atoms with van der Waals surface area (Å²) in [7, 11) is 0. The van der Waals surface area contributed by atoms with Gasteiger partial charge in [0.05, 0.1) is 18.4 Å². The molecule has 1 aromatic rings. The minimum absolute atomic E-state index is 0.0572. The van der Waals surface area contributed by atoms with Gasteiger partial charge in [-0.05, 0) is 37.8 Å². The molecule has 4 heterocycles. The number of hydrogen-bond donors (Lipinski definition) is 0. The molecule has 3 fully saturated rings. The molecule has 0 saturated carbocycles. The second kappa shape index (κ2) is 5.70. The Morgan fingerprint density at radius 3 is 3.09 bits per heavy atom. The molecule has 0 aromatic carbocycles. The average molecular weight is 304 g/mol. The van der Waals surface area contributed by atoms with Crippen LogP contribution < -0.4 is 0 Å². The molecule has 3 saturated heterocycles. The van der Waals surface area contributed by atoms with E-state index in [1.165, 1.54) is 0 Å². The lowest BCUT2D eigenvalue weighted by atomic mass is 9.89. The molecule has 5 nitrogen and oxygen atoms in total. The maximum absolute atomic E-state index is 12.0. The molecule has 5 heteroatoms. The van der Waals surface area contributed by atoms with Crippen molar-refractivity contribution in [3.05, 3.63) is 24.2 Å². The SMILES string of the molecule is O=C1CCCN1[C@H]1CCO[C@@]2(CCN(Cc3ccco3)C2)C1. The standard InChI is InChI=1S/C17H24N2O3/c20-16-4-1-7-19(16)14-5-10-22-17(11-14)6-8-18(13-17)12-15-3-2-9-21-15/h2-3,9,14H,1,4-8,10-13H2/t14-,17-/m0/s1. The van der Waals surface area contributed by atoms with Gasteiger partial charge >= 0.3 is 0 Å². The van der Waals surface area contributed by atoms with E-state index >= 15 is 0 Å². The van der Waals surface area contributed by atoms with E-state index in [1.54, 1.807) is 6.26 Å². The Kier molecular flexibility index (Phi) is 3.70. The van der Waals surface area contributed by atoms with Crippen molar-refractivity contribution in [2.75, 3.05) is 26.2 Å². The number of rotatable bonds is 3. The molecule has 1 aromatic heterocycles. The monoisotopic (exact) mass is 304 g/mol. The van der Waals surface area contributed by atoms with E-state index in [9.17, 15) is 4.79 Å². The predicted molar refractivity (Wildman–Crippen MR) is 81.3 cm³/mol. The summed E-state index contributed by atoms with van der Waals surface area (Å²) in [6.45, 7) is 4.57. The molecule has 1 spiro atoms. The van der Waals surface area contributed by atoms with E-state index < -0.39 is 0 Å². The number of amides is 1. The third-order valence-corrected chi connectivity index (χ3v) is 5.37. The summed E-state index contributed by atoms with van der Waals surface area (Å²) in [4.78, 5) is 16.5. The highest BCUT2D eigenvalue weighted by Gasteiger charge is 2.45. The molecule has 3 aliphatic heterocycles. The minimum Gasteiger partial charge on any atom is -0.468 e. The summed E-state index contributed by atoms with van der Waals surface area (Å²) in [6.07, 6.45) is 6.53. The van der Waals surface area contributed by atoms with Crippen LogP contribution in [0.2, 0.25) is 0 Å². The summed E-state index contributed by atoms with van der Waals surface area (Å²) in [5.74, 6) is 1.35. The van der Waals surface area contributed by atoms with Crippen LogP contribution in [0.25, 0.3) is 0 Å². The van der Waals surface area contributed by atoms with Crippen LogP contribution in [-0.2, 0) is 16.1 Å². The van der Waals surface area contributed by atoms with E-state index in [0.29, 0.717) is 11.9 Å². The Balaban J connectivity index is 1.40. The number of nitrogens with zero attached hydrogens (tertiary/aromatic N) is 2. The van der Waals surface area contributed by atoms with Crippen LogP contribution in [0.15, 0.2) is 22.8 Å². The van der Waals surface area contributed by atoms with Crippen LogP contribution in [0.3, 0.4) is 0 Å². The lowest BCUT2D eigenvalue weighted by molar-refractivity contribution is -0.137. The normalized spacial score (nSPS) is 33.2. The van der Waals surface area contributed by atoms with Gasteiger partial charge in [0.2, 0.25) is 5.91 Å². The van der Waals surface area contributed by atoms with Gasteiger partial charge < -0.3 is 14.1 Å². The van der Waals surface area contributed by atoms with Crippen LogP contribution in [0.4, 0.5) is 0 Å². The number of ether oxygens (including phenoxy) is 1. The second-order valence-corrected chi connectivity index (χ2v) is 6.91. The van der Waals surface area contributed by atoms with Gasteiger partial charge in [0.15, 0.2) is 0 Å². The molecular weight excluding hydrogens is 280 g/mol. The van der Waals surface area contributed by atoms with Gasteiger partial charge in [-0.2, -0.15) is 0 Å². The van der Waals surface area contributed by atoms with Crippen molar-refractivity contribution in [1.82, 2.24) is 9.80 Å². The van der Waals surface area contributed by atoms with Gasteiger partial charge in [-0.15, -0.1) is 0 Å². The zero-order chi connectivity index (χ0) is 15.0. The first-order valence-corrected chi connectivity index (χ1v) is 8.42. The lowest BCUT2D eigenvalue weighted by Gasteiger charge is -2.41. The summed E-state index contributed by atoms with van der Waals surface area (Å²) in [5.41, 5.74) is -0.0572. The van der Waals surface area contributed by atoms with Crippen molar-refractivity contribution in [3.8, 4) is 0 Å². The summed E-state index contributed by atoms with van der Waals surface area (Å²) in [6, 6.07) is 4.35. The van der Waals surface area contributed by atoms with E-state index in [1.807, 2.05) is 12.1 Å². The van der Waals surface area contributed by atoms with Gasteiger partial charge in [0, 0.05) is 38.7 Å². The topological polar surface area (TPSA) is 45.9 Å². The van der Waals surface area contributed by atoms with Gasteiger partial charge in [-0.3, -0.25) is 9.69 Å². The van der Waals surface area contributed by atoms with E-state index in [2.05, 4.69) is 9.80 Å². The van der Waals surface area contributed by atoms with Crippen molar-refractivity contribution < 1.29 is 13.9 Å². The highest BCUT2D eigenvalue weighted by molar-refractivity contribution is 5.78. The molecule has 22 heavy (non-hydrogen) atoms. The molecule has 0 N–H and O–H groups in total. The highest BCUT2D eigenvalue weighted by Crippen LogP contribution is 2.37. The Morgan fingerprint density at radius 1 is 1.36 bits per heavy atom. The minimum atomic E-state index is -0.0572. The number of carbonyl (C=O) groups is 1. The number of furan rings is 1. The Hall–Kier alpha value is -1.33.